The minimum absolute atomic E-state index is 0.0284. The smallest absolute Gasteiger partial charge is 0.475 e. The van der Waals surface area contributed by atoms with Gasteiger partial charge in [0.15, 0.2) is 0 Å². The van der Waals surface area contributed by atoms with Crippen LogP contribution in [0, 0.1) is 0 Å². The molecule has 3 N–H and O–H groups in total. The van der Waals surface area contributed by atoms with E-state index < -0.39 is 12.1 Å². The summed E-state index contributed by atoms with van der Waals surface area (Å²) >= 11 is 0. The molecule has 0 aromatic heterocycles. The molecule has 18 heavy (non-hydrogen) atoms. The number of nitrogens with one attached hydrogen (secondary N) is 1. The first-order valence-corrected chi connectivity index (χ1v) is 5.73. The molecule has 0 bridgehead atoms. The van der Waals surface area contributed by atoms with Crippen molar-refractivity contribution in [3.63, 3.8) is 0 Å². The Bertz CT molecular complexity index is 274. The first-order chi connectivity index (χ1) is 8.30. The minimum atomic E-state index is -5.08. The minimum Gasteiger partial charge on any atom is -0.475 e. The third-order valence-electron chi connectivity index (χ3n) is 3.02. The number of rotatable bonds is 1. The Morgan fingerprint density at radius 3 is 1.94 bits per heavy atom. The lowest BCUT2D eigenvalue weighted by atomic mass is 10.0. The van der Waals surface area contributed by atoms with Crippen molar-refractivity contribution in [1.29, 1.82) is 0 Å². The summed E-state index contributed by atoms with van der Waals surface area (Å²) in [5.74, 6) is -2.76. The van der Waals surface area contributed by atoms with Gasteiger partial charge in [0.05, 0.1) is 6.10 Å². The average molecular weight is 270 g/mol. The number of nitrogens with zero attached hydrogens (tertiary/aromatic N) is 1. The maximum absolute atomic E-state index is 10.6. The fourth-order valence-electron chi connectivity index (χ4n) is 1.78. The summed E-state index contributed by atoms with van der Waals surface area (Å²) < 4.78 is 31.7. The molecule has 0 unspecified atom stereocenters. The quantitative estimate of drug-likeness (QED) is 0.628. The van der Waals surface area contributed by atoms with E-state index in [0.29, 0.717) is 0 Å². The Labute approximate surface area is 103 Å². The summed E-state index contributed by atoms with van der Waals surface area (Å²) in [5.41, 5.74) is 0. The molecule has 2 aliphatic heterocycles. The van der Waals surface area contributed by atoms with Crippen molar-refractivity contribution in [3.05, 3.63) is 0 Å². The Morgan fingerprint density at radius 1 is 1.22 bits per heavy atom. The van der Waals surface area contributed by atoms with Crippen LogP contribution in [0.2, 0.25) is 0 Å². The van der Waals surface area contributed by atoms with Gasteiger partial charge in [-0.25, -0.2) is 4.79 Å². The third-order valence-corrected chi connectivity index (χ3v) is 3.02. The summed E-state index contributed by atoms with van der Waals surface area (Å²) in [6.07, 6.45) is -3.17. The molecular formula is C10H17F3N2O3. The molecule has 0 saturated carbocycles. The summed E-state index contributed by atoms with van der Waals surface area (Å²) in [6, 6.07) is 0.766. The monoisotopic (exact) mass is 270 g/mol. The molecule has 0 aliphatic carbocycles. The van der Waals surface area contributed by atoms with Crippen LogP contribution in [0.15, 0.2) is 0 Å². The van der Waals surface area contributed by atoms with Gasteiger partial charge in [0.25, 0.3) is 0 Å². The second-order valence-electron chi connectivity index (χ2n) is 4.38. The van der Waals surface area contributed by atoms with E-state index in [4.69, 9.17) is 9.90 Å². The highest BCUT2D eigenvalue weighted by Crippen LogP contribution is 2.14. The predicted octanol–water partition coefficient (Wildman–Crippen LogP) is 0.0482. The van der Waals surface area contributed by atoms with Gasteiger partial charge >= 0.3 is 12.1 Å². The summed E-state index contributed by atoms with van der Waals surface area (Å²) in [4.78, 5) is 11.4. The van der Waals surface area contributed by atoms with E-state index >= 15 is 0 Å². The van der Waals surface area contributed by atoms with E-state index in [-0.39, 0.29) is 6.10 Å². The molecule has 0 radical (unpaired) electrons. The Morgan fingerprint density at radius 2 is 1.67 bits per heavy atom. The van der Waals surface area contributed by atoms with Crippen molar-refractivity contribution in [2.75, 3.05) is 26.2 Å². The van der Waals surface area contributed by atoms with Gasteiger partial charge in [0.2, 0.25) is 0 Å². The number of hydrogen-bond acceptors (Lipinski definition) is 4. The summed E-state index contributed by atoms with van der Waals surface area (Å²) in [5, 5.41) is 19.6. The maximum atomic E-state index is 10.6. The number of aliphatic hydroxyl groups excluding tert-OH is 1. The predicted molar refractivity (Wildman–Crippen MR) is 57.2 cm³/mol. The van der Waals surface area contributed by atoms with Crippen molar-refractivity contribution >= 4 is 5.97 Å². The second-order valence-corrected chi connectivity index (χ2v) is 4.38. The molecule has 0 atom stereocenters. The largest absolute Gasteiger partial charge is 0.490 e. The fraction of sp³-hybridized carbons (Fsp3) is 0.900. The molecule has 2 saturated heterocycles. The topological polar surface area (TPSA) is 72.8 Å². The molecule has 106 valence electrons. The first-order valence-electron chi connectivity index (χ1n) is 5.73. The van der Waals surface area contributed by atoms with Gasteiger partial charge < -0.3 is 15.5 Å². The molecule has 5 nitrogen and oxygen atoms in total. The van der Waals surface area contributed by atoms with E-state index in [1.807, 2.05) is 0 Å². The van der Waals surface area contributed by atoms with Crippen LogP contribution in [0.1, 0.15) is 12.8 Å². The molecule has 0 aromatic rings. The molecule has 0 amide bonds. The number of alkyl halides is 3. The highest BCUT2D eigenvalue weighted by molar-refractivity contribution is 5.73. The normalized spacial score (nSPS) is 22.9. The van der Waals surface area contributed by atoms with Gasteiger partial charge in [-0.2, -0.15) is 13.2 Å². The van der Waals surface area contributed by atoms with Gasteiger partial charge in [-0.15, -0.1) is 0 Å². The number of carbonyl (C=O) groups is 1. The van der Waals surface area contributed by atoms with E-state index in [9.17, 15) is 18.3 Å². The number of carboxylic acid groups (broad SMARTS) is 1. The van der Waals surface area contributed by atoms with Crippen molar-refractivity contribution in [3.8, 4) is 0 Å². The molecular weight excluding hydrogens is 253 g/mol. The third kappa shape index (κ3) is 4.79. The van der Waals surface area contributed by atoms with Crippen molar-refractivity contribution < 1.29 is 28.2 Å². The zero-order valence-corrected chi connectivity index (χ0v) is 9.78. The number of halogens is 3. The van der Waals surface area contributed by atoms with E-state index in [2.05, 4.69) is 10.2 Å². The SMILES string of the molecule is O=C(O)C(F)(F)F.OC1CCN(C2CNC2)CC1. The highest BCUT2D eigenvalue weighted by atomic mass is 19.4. The summed E-state index contributed by atoms with van der Waals surface area (Å²) in [7, 11) is 0. The molecule has 0 aromatic carbocycles. The van der Waals surface area contributed by atoms with Gasteiger partial charge in [-0.1, -0.05) is 0 Å². The lowest BCUT2D eigenvalue weighted by Gasteiger charge is -2.41. The number of likely N-dealkylation sites (tertiary alicyclic amines) is 1. The van der Waals surface area contributed by atoms with Crippen LogP contribution in [0.4, 0.5) is 13.2 Å². The van der Waals surface area contributed by atoms with Crippen molar-refractivity contribution in [1.82, 2.24) is 10.2 Å². The van der Waals surface area contributed by atoms with Crippen LogP contribution in [-0.4, -0.2) is 65.6 Å². The van der Waals surface area contributed by atoms with Gasteiger partial charge in [-0.05, 0) is 12.8 Å². The maximum Gasteiger partial charge on any atom is 0.490 e. The number of hydrogen-bond donors (Lipinski definition) is 3. The summed E-state index contributed by atoms with van der Waals surface area (Å²) in [6.45, 7) is 4.48. The molecule has 8 heteroatoms. The Balaban J connectivity index is 0.000000203. The van der Waals surface area contributed by atoms with Crippen LogP contribution in [0.25, 0.3) is 0 Å². The second kappa shape index (κ2) is 6.35. The van der Waals surface area contributed by atoms with Gasteiger partial charge in [0.1, 0.15) is 0 Å². The Hall–Kier alpha value is -0.860. The average Bonchev–Trinajstić information content (AvgIpc) is 2.18. The zero-order valence-electron chi connectivity index (χ0n) is 9.78. The van der Waals surface area contributed by atoms with Gasteiger partial charge in [-0.3, -0.25) is 4.90 Å². The zero-order chi connectivity index (χ0) is 13.8. The van der Waals surface area contributed by atoms with Crippen LogP contribution >= 0.6 is 0 Å². The lowest BCUT2D eigenvalue weighted by Crippen LogP contribution is -2.59. The number of carboxylic acids is 1. The van der Waals surface area contributed by atoms with Crippen LogP contribution in [0.3, 0.4) is 0 Å². The van der Waals surface area contributed by atoms with Crippen LogP contribution in [-0.2, 0) is 4.79 Å². The van der Waals surface area contributed by atoms with Crippen molar-refractivity contribution in [2.45, 2.75) is 31.2 Å². The molecule has 2 fully saturated rings. The number of aliphatic hydroxyl groups is 1. The number of piperidine rings is 1. The molecule has 2 rings (SSSR count). The lowest BCUT2D eigenvalue weighted by molar-refractivity contribution is -0.192. The molecule has 2 aliphatic rings. The molecule has 2 heterocycles. The first kappa shape index (κ1) is 15.2. The number of aliphatic carboxylic acids is 1. The van der Waals surface area contributed by atoms with Crippen molar-refractivity contribution in [2.24, 2.45) is 0 Å². The van der Waals surface area contributed by atoms with Crippen LogP contribution in [0.5, 0.6) is 0 Å². The van der Waals surface area contributed by atoms with E-state index in [0.717, 1.165) is 45.1 Å². The standard InChI is InChI=1S/C8H16N2O.C2HF3O2/c11-8-1-3-10(4-2-8)7-5-9-6-7;3-2(4,5)1(6)7/h7-9,11H,1-6H2;(H,6,7). The van der Waals surface area contributed by atoms with Gasteiger partial charge in [0, 0.05) is 32.2 Å². The van der Waals surface area contributed by atoms with Crippen LogP contribution < -0.4 is 5.32 Å². The van der Waals surface area contributed by atoms with E-state index in [1.165, 1.54) is 0 Å². The highest BCUT2D eigenvalue weighted by Gasteiger charge is 2.38. The Kier molecular flexibility index (Phi) is 5.36. The van der Waals surface area contributed by atoms with E-state index in [1.54, 1.807) is 0 Å². The molecule has 0 spiro atoms. The fourth-order valence-corrected chi connectivity index (χ4v) is 1.78.